The Morgan fingerprint density at radius 3 is 1.51 bits per heavy atom. The van der Waals surface area contributed by atoms with E-state index in [0.717, 1.165) is 31.9 Å². The van der Waals surface area contributed by atoms with Crippen molar-refractivity contribution >= 4 is 64.6 Å². The second-order valence-corrected chi connectivity index (χ2v) is 12.5. The normalized spacial score (nSPS) is 11.5. The molecule has 3 heteroatoms. The molecule has 0 spiro atoms. The van der Waals surface area contributed by atoms with Crippen molar-refractivity contribution in [3.05, 3.63) is 151 Å². The molecule has 0 aliphatic carbocycles. The standard InChI is InChI=1S/C42H24N2S/c43-25-26-17-18-40-41(19-26)45-42(44-40)31-21-29(38-23-27-9-1-3-11-32(27)34-13-5-7-15-36(34)38)20-30(22-31)39-24-28-10-2-4-12-33(28)35-14-6-8-16-37(35)39/h1-24H. The summed E-state index contributed by atoms with van der Waals surface area (Å²) in [5.74, 6) is 0. The van der Waals surface area contributed by atoms with Crippen molar-refractivity contribution in [1.29, 1.82) is 5.26 Å². The SMILES string of the molecule is N#Cc1ccc2nc(-c3cc(-c4cc5ccccc5c5ccccc45)cc(-c4cc5ccccc5c5ccccc45)c3)sc2c1. The topological polar surface area (TPSA) is 36.7 Å². The predicted octanol–water partition coefficient (Wildman–Crippen LogP) is 11.8. The lowest BCUT2D eigenvalue weighted by molar-refractivity contribution is 1.46. The highest BCUT2D eigenvalue weighted by atomic mass is 32.1. The number of benzene rings is 8. The minimum Gasteiger partial charge on any atom is -0.236 e. The van der Waals surface area contributed by atoms with Gasteiger partial charge in [0.2, 0.25) is 0 Å². The number of rotatable bonds is 3. The minimum absolute atomic E-state index is 0.650. The van der Waals surface area contributed by atoms with E-state index in [9.17, 15) is 5.26 Å². The molecule has 45 heavy (non-hydrogen) atoms. The first kappa shape index (κ1) is 25.7. The van der Waals surface area contributed by atoms with E-state index in [1.54, 1.807) is 11.3 Å². The smallest absolute Gasteiger partial charge is 0.124 e. The second-order valence-electron chi connectivity index (χ2n) is 11.5. The minimum atomic E-state index is 0.650. The lowest BCUT2D eigenvalue weighted by atomic mass is 9.88. The van der Waals surface area contributed by atoms with Crippen LogP contribution in [-0.4, -0.2) is 4.98 Å². The van der Waals surface area contributed by atoms with Crippen LogP contribution in [0.3, 0.4) is 0 Å². The van der Waals surface area contributed by atoms with Crippen molar-refractivity contribution in [3.63, 3.8) is 0 Å². The van der Waals surface area contributed by atoms with Gasteiger partial charge in [-0.05, 0) is 114 Å². The third-order valence-corrected chi connectivity index (χ3v) is 9.92. The highest BCUT2D eigenvalue weighted by Crippen LogP contribution is 2.42. The molecule has 0 aliphatic rings. The third kappa shape index (κ3) is 4.19. The Kier molecular flexibility index (Phi) is 5.78. The van der Waals surface area contributed by atoms with Gasteiger partial charge in [0.05, 0.1) is 21.8 Å². The van der Waals surface area contributed by atoms with Gasteiger partial charge in [-0.15, -0.1) is 11.3 Å². The maximum absolute atomic E-state index is 9.50. The summed E-state index contributed by atoms with van der Waals surface area (Å²) in [6.07, 6.45) is 0. The van der Waals surface area contributed by atoms with Gasteiger partial charge in [-0.1, -0.05) is 97.1 Å². The Bertz CT molecular complexity index is 2540. The van der Waals surface area contributed by atoms with E-state index >= 15 is 0 Å². The number of hydrogen-bond donors (Lipinski definition) is 0. The highest BCUT2D eigenvalue weighted by molar-refractivity contribution is 7.21. The molecule has 0 saturated carbocycles. The van der Waals surface area contributed by atoms with Crippen molar-refractivity contribution < 1.29 is 0 Å². The fourth-order valence-electron chi connectivity index (χ4n) is 6.77. The fourth-order valence-corrected chi connectivity index (χ4v) is 7.76. The van der Waals surface area contributed by atoms with Gasteiger partial charge in [-0.3, -0.25) is 0 Å². The molecule has 0 unspecified atom stereocenters. The van der Waals surface area contributed by atoms with Crippen molar-refractivity contribution in [2.75, 3.05) is 0 Å². The van der Waals surface area contributed by atoms with Crippen LogP contribution in [0.25, 0.3) is 86.1 Å². The molecular formula is C42H24N2S. The number of hydrogen-bond acceptors (Lipinski definition) is 3. The van der Waals surface area contributed by atoms with Crippen LogP contribution in [0.1, 0.15) is 5.56 Å². The van der Waals surface area contributed by atoms with Crippen LogP contribution in [0.5, 0.6) is 0 Å². The van der Waals surface area contributed by atoms with E-state index in [2.05, 4.69) is 133 Å². The van der Waals surface area contributed by atoms with E-state index in [-0.39, 0.29) is 0 Å². The predicted molar refractivity (Wildman–Crippen MR) is 191 cm³/mol. The quantitative estimate of drug-likeness (QED) is 0.193. The van der Waals surface area contributed by atoms with E-state index in [0.29, 0.717) is 5.56 Å². The Hall–Kier alpha value is -5.82. The zero-order valence-electron chi connectivity index (χ0n) is 24.2. The summed E-state index contributed by atoms with van der Waals surface area (Å²) >= 11 is 1.64. The lowest BCUT2D eigenvalue weighted by Crippen LogP contribution is -1.90. The summed E-state index contributed by atoms with van der Waals surface area (Å²) < 4.78 is 1.02. The van der Waals surface area contributed by atoms with Gasteiger partial charge in [-0.25, -0.2) is 4.98 Å². The molecule has 0 N–H and O–H groups in total. The number of nitriles is 1. The van der Waals surface area contributed by atoms with Crippen LogP contribution in [0, 0.1) is 11.3 Å². The van der Waals surface area contributed by atoms with Gasteiger partial charge in [0.25, 0.3) is 0 Å². The summed E-state index contributed by atoms with van der Waals surface area (Å²) in [6.45, 7) is 0. The summed E-state index contributed by atoms with van der Waals surface area (Å²) in [4.78, 5) is 5.06. The van der Waals surface area contributed by atoms with Crippen LogP contribution in [-0.2, 0) is 0 Å². The molecule has 1 aromatic heterocycles. The first-order chi connectivity index (χ1) is 22.2. The first-order valence-corrected chi connectivity index (χ1v) is 15.8. The maximum Gasteiger partial charge on any atom is 0.124 e. The molecule has 8 aromatic carbocycles. The van der Waals surface area contributed by atoms with E-state index in [1.807, 2.05) is 18.2 Å². The molecule has 9 aromatic rings. The second kappa shape index (κ2) is 10.1. The van der Waals surface area contributed by atoms with Crippen LogP contribution in [0.15, 0.2) is 146 Å². The molecule has 9 rings (SSSR count). The van der Waals surface area contributed by atoms with Crippen LogP contribution < -0.4 is 0 Å². The van der Waals surface area contributed by atoms with E-state index < -0.39 is 0 Å². The summed E-state index contributed by atoms with van der Waals surface area (Å²) in [7, 11) is 0. The summed E-state index contributed by atoms with van der Waals surface area (Å²) in [6, 6.07) is 54.3. The summed E-state index contributed by atoms with van der Waals surface area (Å²) in [5, 5.41) is 20.4. The molecule has 2 nitrogen and oxygen atoms in total. The fraction of sp³-hybridized carbons (Fsp3) is 0. The van der Waals surface area contributed by atoms with E-state index in [4.69, 9.17) is 4.98 Å². The van der Waals surface area contributed by atoms with Gasteiger partial charge in [0.15, 0.2) is 0 Å². The zero-order chi connectivity index (χ0) is 29.9. The van der Waals surface area contributed by atoms with Gasteiger partial charge in [-0.2, -0.15) is 5.26 Å². The van der Waals surface area contributed by atoms with Crippen molar-refractivity contribution in [2.45, 2.75) is 0 Å². The molecule has 0 atom stereocenters. The molecule has 0 radical (unpaired) electrons. The summed E-state index contributed by atoms with van der Waals surface area (Å²) in [5.41, 5.74) is 7.33. The zero-order valence-corrected chi connectivity index (χ0v) is 25.0. The molecule has 0 bridgehead atoms. The molecule has 0 fully saturated rings. The lowest BCUT2D eigenvalue weighted by Gasteiger charge is -2.16. The molecule has 0 aliphatic heterocycles. The van der Waals surface area contributed by atoms with Crippen molar-refractivity contribution in [1.82, 2.24) is 4.98 Å². The van der Waals surface area contributed by atoms with Crippen LogP contribution in [0.4, 0.5) is 0 Å². The first-order valence-electron chi connectivity index (χ1n) is 15.0. The third-order valence-electron chi connectivity index (χ3n) is 8.86. The Morgan fingerprint density at radius 2 is 0.956 bits per heavy atom. The maximum atomic E-state index is 9.50. The van der Waals surface area contributed by atoms with Crippen LogP contribution >= 0.6 is 11.3 Å². The van der Waals surface area contributed by atoms with E-state index in [1.165, 1.54) is 54.2 Å². The number of aromatic nitrogens is 1. The number of nitrogens with zero attached hydrogens (tertiary/aromatic N) is 2. The van der Waals surface area contributed by atoms with Crippen molar-refractivity contribution in [2.24, 2.45) is 0 Å². The molecule has 208 valence electrons. The average molecular weight is 589 g/mol. The van der Waals surface area contributed by atoms with Gasteiger partial charge >= 0.3 is 0 Å². The number of fused-ring (bicyclic) bond motifs is 7. The van der Waals surface area contributed by atoms with Crippen molar-refractivity contribution in [3.8, 4) is 38.9 Å². The Labute approximate surface area is 264 Å². The largest absolute Gasteiger partial charge is 0.236 e. The average Bonchev–Trinajstić information content (AvgIpc) is 3.54. The Morgan fingerprint density at radius 1 is 0.467 bits per heavy atom. The molecular weight excluding hydrogens is 565 g/mol. The molecule has 0 amide bonds. The highest BCUT2D eigenvalue weighted by Gasteiger charge is 2.16. The monoisotopic (exact) mass is 588 g/mol. The molecule has 0 saturated heterocycles. The Balaban J connectivity index is 1.37. The number of thiazole rings is 1. The van der Waals surface area contributed by atoms with Gasteiger partial charge < -0.3 is 0 Å². The molecule has 1 heterocycles. The van der Waals surface area contributed by atoms with Crippen LogP contribution in [0.2, 0.25) is 0 Å². The van der Waals surface area contributed by atoms with Gasteiger partial charge in [0, 0.05) is 5.56 Å². The van der Waals surface area contributed by atoms with Gasteiger partial charge in [0.1, 0.15) is 5.01 Å².